The Hall–Kier alpha value is -0.500. The van der Waals surface area contributed by atoms with Gasteiger partial charge in [0.15, 0.2) is 0 Å². The minimum atomic E-state index is 0.375. The van der Waals surface area contributed by atoms with Crippen molar-refractivity contribution in [3.8, 4) is 0 Å². The second kappa shape index (κ2) is 6.09. The third-order valence-corrected chi connectivity index (χ3v) is 6.03. The van der Waals surface area contributed by atoms with E-state index < -0.39 is 0 Å². The van der Waals surface area contributed by atoms with Crippen molar-refractivity contribution in [1.29, 1.82) is 0 Å². The Labute approximate surface area is 138 Å². The van der Waals surface area contributed by atoms with Gasteiger partial charge in [0.25, 0.3) is 0 Å². The van der Waals surface area contributed by atoms with Crippen LogP contribution in [-0.4, -0.2) is 0 Å². The first-order valence-electron chi connectivity index (χ1n) is 6.81. The van der Waals surface area contributed by atoms with E-state index >= 15 is 0 Å². The van der Waals surface area contributed by atoms with Crippen molar-refractivity contribution in [3.05, 3.63) is 69.2 Å². The SMILES string of the molecule is Clc1cccc(Cl)c1CC1CCc2ccccc2C1Br. The van der Waals surface area contributed by atoms with E-state index in [1.807, 2.05) is 18.2 Å². The summed E-state index contributed by atoms with van der Waals surface area (Å²) < 4.78 is 0. The third-order valence-electron chi connectivity index (χ3n) is 4.08. The van der Waals surface area contributed by atoms with Crippen LogP contribution in [0.3, 0.4) is 0 Å². The molecule has 0 spiro atoms. The molecule has 3 rings (SSSR count). The van der Waals surface area contributed by atoms with E-state index in [2.05, 4.69) is 40.2 Å². The summed E-state index contributed by atoms with van der Waals surface area (Å²) in [4.78, 5) is 0.375. The zero-order valence-corrected chi connectivity index (χ0v) is 14.0. The molecule has 0 N–H and O–H groups in total. The van der Waals surface area contributed by atoms with Gasteiger partial charge in [0.05, 0.1) is 0 Å². The second-order valence-electron chi connectivity index (χ2n) is 5.30. The zero-order chi connectivity index (χ0) is 14.1. The summed E-state index contributed by atoms with van der Waals surface area (Å²) in [7, 11) is 0. The van der Waals surface area contributed by atoms with Gasteiger partial charge >= 0.3 is 0 Å². The largest absolute Gasteiger partial charge is 0.0840 e. The summed E-state index contributed by atoms with van der Waals surface area (Å²) >= 11 is 16.5. The highest BCUT2D eigenvalue weighted by molar-refractivity contribution is 9.09. The Morgan fingerprint density at radius 3 is 2.45 bits per heavy atom. The summed E-state index contributed by atoms with van der Waals surface area (Å²) in [5.74, 6) is 0.530. The summed E-state index contributed by atoms with van der Waals surface area (Å²) in [5.41, 5.74) is 3.94. The van der Waals surface area contributed by atoms with Crippen LogP contribution in [0.2, 0.25) is 10.0 Å². The Bertz CT molecular complexity index is 604. The predicted molar refractivity (Wildman–Crippen MR) is 90.1 cm³/mol. The summed E-state index contributed by atoms with van der Waals surface area (Å²) in [5, 5.41) is 1.55. The number of halogens is 3. The molecule has 0 saturated heterocycles. The lowest BCUT2D eigenvalue weighted by atomic mass is 9.81. The van der Waals surface area contributed by atoms with Crippen molar-refractivity contribution < 1.29 is 0 Å². The maximum absolute atomic E-state index is 6.30. The molecular weight excluding hydrogens is 355 g/mol. The lowest BCUT2D eigenvalue weighted by Crippen LogP contribution is -2.19. The fourth-order valence-electron chi connectivity index (χ4n) is 2.97. The third kappa shape index (κ3) is 2.77. The number of aryl methyl sites for hydroxylation is 1. The van der Waals surface area contributed by atoms with Crippen LogP contribution in [0.1, 0.15) is 27.9 Å². The minimum Gasteiger partial charge on any atom is -0.0840 e. The fourth-order valence-corrected chi connectivity index (χ4v) is 4.42. The molecule has 0 amide bonds. The van der Waals surface area contributed by atoms with E-state index in [1.54, 1.807) is 0 Å². The molecule has 104 valence electrons. The average Bonchev–Trinajstić information content (AvgIpc) is 2.45. The van der Waals surface area contributed by atoms with Crippen molar-refractivity contribution in [3.63, 3.8) is 0 Å². The molecule has 1 aliphatic carbocycles. The van der Waals surface area contributed by atoms with Crippen LogP contribution >= 0.6 is 39.1 Å². The minimum absolute atomic E-state index is 0.375. The van der Waals surface area contributed by atoms with E-state index in [0.717, 1.165) is 34.9 Å². The summed E-state index contributed by atoms with van der Waals surface area (Å²) in [6.07, 6.45) is 3.21. The van der Waals surface area contributed by atoms with Crippen LogP contribution < -0.4 is 0 Å². The smallest absolute Gasteiger partial charge is 0.0452 e. The van der Waals surface area contributed by atoms with Gasteiger partial charge in [0, 0.05) is 14.9 Å². The standard InChI is InChI=1S/C17H15BrCl2/c18-17-12(9-8-11-4-1-2-5-13(11)17)10-14-15(19)6-3-7-16(14)20/h1-7,12,17H,8-10H2. The molecule has 0 heterocycles. The number of rotatable bonds is 2. The number of hydrogen-bond donors (Lipinski definition) is 0. The molecule has 3 heteroatoms. The molecule has 0 aliphatic heterocycles. The number of alkyl halides is 1. The van der Waals surface area contributed by atoms with Gasteiger partial charge in [-0.2, -0.15) is 0 Å². The van der Waals surface area contributed by atoms with Crippen LogP contribution in [0, 0.1) is 5.92 Å². The van der Waals surface area contributed by atoms with Crippen molar-refractivity contribution in [2.75, 3.05) is 0 Å². The monoisotopic (exact) mass is 368 g/mol. The van der Waals surface area contributed by atoms with Crippen LogP contribution in [0.4, 0.5) is 0 Å². The van der Waals surface area contributed by atoms with E-state index in [1.165, 1.54) is 11.1 Å². The molecular formula is C17H15BrCl2. The van der Waals surface area contributed by atoms with Crippen molar-refractivity contribution in [2.45, 2.75) is 24.1 Å². The zero-order valence-electron chi connectivity index (χ0n) is 11.0. The molecule has 1 aliphatic rings. The quantitative estimate of drug-likeness (QED) is 0.550. The molecule has 20 heavy (non-hydrogen) atoms. The first kappa shape index (κ1) is 14.4. The van der Waals surface area contributed by atoms with E-state index in [-0.39, 0.29) is 0 Å². The molecule has 0 bridgehead atoms. The van der Waals surface area contributed by atoms with Crippen LogP contribution in [0.15, 0.2) is 42.5 Å². The number of fused-ring (bicyclic) bond motifs is 1. The first-order chi connectivity index (χ1) is 9.66. The van der Waals surface area contributed by atoms with Gasteiger partial charge in [0.1, 0.15) is 0 Å². The maximum atomic E-state index is 6.30. The van der Waals surface area contributed by atoms with Crippen LogP contribution in [0.25, 0.3) is 0 Å². The van der Waals surface area contributed by atoms with Crippen molar-refractivity contribution in [1.82, 2.24) is 0 Å². The van der Waals surface area contributed by atoms with Crippen molar-refractivity contribution >= 4 is 39.1 Å². The normalized spacial score (nSPS) is 21.6. The highest BCUT2D eigenvalue weighted by Crippen LogP contribution is 2.43. The average molecular weight is 370 g/mol. The second-order valence-corrected chi connectivity index (χ2v) is 7.10. The lowest BCUT2D eigenvalue weighted by Gasteiger charge is -2.30. The molecule has 2 unspecified atom stereocenters. The molecule has 0 aromatic heterocycles. The van der Waals surface area contributed by atoms with E-state index in [4.69, 9.17) is 23.2 Å². The van der Waals surface area contributed by atoms with Gasteiger partial charge in [-0.15, -0.1) is 0 Å². The molecule has 2 aromatic rings. The Kier molecular flexibility index (Phi) is 4.40. The maximum Gasteiger partial charge on any atom is 0.0452 e. The lowest BCUT2D eigenvalue weighted by molar-refractivity contribution is 0.452. The number of benzene rings is 2. The first-order valence-corrected chi connectivity index (χ1v) is 8.48. The van der Waals surface area contributed by atoms with Crippen LogP contribution in [0.5, 0.6) is 0 Å². The molecule has 2 atom stereocenters. The predicted octanol–water partition coefficient (Wildman–Crippen LogP) is 6.23. The van der Waals surface area contributed by atoms with Gasteiger partial charge in [-0.1, -0.05) is 69.5 Å². The molecule has 0 nitrogen and oxygen atoms in total. The van der Waals surface area contributed by atoms with Gasteiger partial charge < -0.3 is 0 Å². The van der Waals surface area contributed by atoms with Crippen LogP contribution in [-0.2, 0) is 12.8 Å². The summed E-state index contributed by atoms with van der Waals surface area (Å²) in [6.45, 7) is 0. The fraction of sp³-hybridized carbons (Fsp3) is 0.294. The van der Waals surface area contributed by atoms with Gasteiger partial charge in [0.2, 0.25) is 0 Å². The highest BCUT2D eigenvalue weighted by atomic mass is 79.9. The molecule has 2 aromatic carbocycles. The topological polar surface area (TPSA) is 0 Å². The van der Waals surface area contributed by atoms with Gasteiger partial charge in [-0.25, -0.2) is 0 Å². The molecule has 0 radical (unpaired) electrons. The van der Waals surface area contributed by atoms with Gasteiger partial charge in [-0.3, -0.25) is 0 Å². The Morgan fingerprint density at radius 2 is 1.70 bits per heavy atom. The summed E-state index contributed by atoms with van der Waals surface area (Å²) in [6, 6.07) is 14.4. The van der Waals surface area contributed by atoms with Crippen molar-refractivity contribution in [2.24, 2.45) is 5.92 Å². The number of hydrogen-bond acceptors (Lipinski definition) is 0. The van der Waals surface area contributed by atoms with Gasteiger partial charge in [-0.05, 0) is 54.0 Å². The highest BCUT2D eigenvalue weighted by Gasteiger charge is 2.28. The molecule has 0 saturated carbocycles. The Balaban J connectivity index is 1.87. The molecule has 0 fully saturated rings. The van der Waals surface area contributed by atoms with E-state index in [9.17, 15) is 0 Å². The van der Waals surface area contributed by atoms with E-state index in [0.29, 0.717) is 10.7 Å². The Morgan fingerprint density at radius 1 is 1.00 bits per heavy atom.